The summed E-state index contributed by atoms with van der Waals surface area (Å²) in [6.07, 6.45) is 1.98. The van der Waals surface area contributed by atoms with Crippen LogP contribution in [0.5, 0.6) is 5.75 Å². The number of hydrogen-bond donors (Lipinski definition) is 1. The molecular formula is C15H15N3O3. The molecule has 1 N–H and O–H groups in total. The fourth-order valence-corrected chi connectivity index (χ4v) is 3.28. The molecule has 0 bridgehead atoms. The number of rotatable bonds is 0. The molecule has 6 heteroatoms. The van der Waals surface area contributed by atoms with Crippen LogP contribution in [0.25, 0.3) is 0 Å². The molecule has 1 aromatic carbocycles. The van der Waals surface area contributed by atoms with Gasteiger partial charge in [-0.3, -0.25) is 4.98 Å². The Morgan fingerprint density at radius 2 is 2.00 bits per heavy atom. The normalized spacial score (nSPS) is 21.6. The number of para-hydroxylation sites is 1. The quantitative estimate of drug-likeness (QED) is 0.735. The van der Waals surface area contributed by atoms with Crippen molar-refractivity contribution in [1.29, 1.82) is 0 Å². The Morgan fingerprint density at radius 1 is 1.24 bits per heavy atom. The summed E-state index contributed by atoms with van der Waals surface area (Å²) in [6.45, 7) is 4.33. The molecule has 1 aromatic heterocycles. The lowest BCUT2D eigenvalue weighted by Crippen LogP contribution is -2.46. The van der Waals surface area contributed by atoms with E-state index in [9.17, 15) is 9.59 Å². The molecule has 1 atom stereocenters. The lowest BCUT2D eigenvalue weighted by molar-refractivity contribution is 0.113. The fourth-order valence-electron chi connectivity index (χ4n) is 3.28. The summed E-state index contributed by atoms with van der Waals surface area (Å²) in [6, 6.07) is 7.34. The van der Waals surface area contributed by atoms with Crippen LogP contribution in [0.15, 0.2) is 45.5 Å². The Kier molecular flexibility index (Phi) is 2.21. The Balaban J connectivity index is 2.07. The van der Waals surface area contributed by atoms with Gasteiger partial charge in [-0.1, -0.05) is 24.3 Å². The summed E-state index contributed by atoms with van der Waals surface area (Å²) < 4.78 is 9.01. The van der Waals surface area contributed by atoms with Gasteiger partial charge in [0.2, 0.25) is 0 Å². The van der Waals surface area contributed by atoms with Crippen molar-refractivity contribution in [1.82, 2.24) is 14.3 Å². The second-order valence-corrected chi connectivity index (χ2v) is 5.87. The van der Waals surface area contributed by atoms with Gasteiger partial charge in [0, 0.05) is 5.56 Å². The highest BCUT2D eigenvalue weighted by Gasteiger charge is 2.42. The minimum Gasteiger partial charge on any atom is -0.483 e. The smallest absolute Gasteiger partial charge is 0.345 e. The monoisotopic (exact) mass is 285 g/mol. The van der Waals surface area contributed by atoms with Crippen LogP contribution in [0, 0.1) is 0 Å². The van der Waals surface area contributed by atoms with Crippen LogP contribution < -0.4 is 16.1 Å². The second-order valence-electron chi connectivity index (χ2n) is 5.87. The molecule has 21 heavy (non-hydrogen) atoms. The number of aromatic amines is 1. The van der Waals surface area contributed by atoms with Gasteiger partial charge in [-0.05, 0) is 25.5 Å². The van der Waals surface area contributed by atoms with Crippen LogP contribution in [0.2, 0.25) is 0 Å². The van der Waals surface area contributed by atoms with Crippen LogP contribution >= 0.6 is 0 Å². The molecule has 0 spiro atoms. The molecule has 0 fully saturated rings. The summed E-state index contributed by atoms with van der Waals surface area (Å²) in [5.41, 5.74) is 0.622. The third-order valence-electron chi connectivity index (χ3n) is 4.21. The van der Waals surface area contributed by atoms with Gasteiger partial charge in [0.05, 0.1) is 6.54 Å². The number of benzene rings is 1. The molecule has 108 valence electrons. The van der Waals surface area contributed by atoms with Gasteiger partial charge < -0.3 is 4.74 Å². The summed E-state index contributed by atoms with van der Waals surface area (Å²) in [7, 11) is 0. The largest absolute Gasteiger partial charge is 0.483 e. The van der Waals surface area contributed by atoms with E-state index in [0.717, 1.165) is 16.9 Å². The first-order valence-electron chi connectivity index (χ1n) is 6.89. The van der Waals surface area contributed by atoms with Crippen molar-refractivity contribution in [2.24, 2.45) is 0 Å². The maximum absolute atomic E-state index is 12.2. The molecule has 3 heterocycles. The molecular weight excluding hydrogens is 270 g/mol. The molecule has 0 radical (unpaired) electrons. The predicted molar refractivity (Wildman–Crippen MR) is 76.7 cm³/mol. The minimum atomic E-state index is -0.517. The Hall–Kier alpha value is -2.50. The highest BCUT2D eigenvalue weighted by Crippen LogP contribution is 2.45. The first-order chi connectivity index (χ1) is 9.99. The van der Waals surface area contributed by atoms with Gasteiger partial charge >= 0.3 is 11.4 Å². The van der Waals surface area contributed by atoms with Crippen molar-refractivity contribution >= 4 is 0 Å². The number of aromatic nitrogens is 3. The topological polar surface area (TPSA) is 69.0 Å². The zero-order valence-corrected chi connectivity index (χ0v) is 11.8. The molecule has 0 saturated carbocycles. The van der Waals surface area contributed by atoms with E-state index in [0.29, 0.717) is 6.54 Å². The SMILES string of the molecule is CC1(C)Oc2ccccc2C2C1=CCn1c(=O)[nH]c(=O)n12. The van der Waals surface area contributed by atoms with Crippen LogP contribution in [0.3, 0.4) is 0 Å². The second kappa shape index (κ2) is 3.78. The molecule has 0 aliphatic carbocycles. The Labute approximate surface area is 120 Å². The van der Waals surface area contributed by atoms with E-state index < -0.39 is 5.60 Å². The number of nitrogens with zero attached hydrogens (tertiary/aromatic N) is 2. The summed E-state index contributed by atoms with van der Waals surface area (Å²) in [5, 5.41) is 0. The van der Waals surface area contributed by atoms with Crippen molar-refractivity contribution in [2.75, 3.05) is 0 Å². The molecule has 4 rings (SSSR count). The number of ether oxygens (including phenoxy) is 1. The van der Waals surface area contributed by atoms with E-state index in [-0.39, 0.29) is 17.4 Å². The van der Waals surface area contributed by atoms with Crippen molar-refractivity contribution in [3.05, 3.63) is 62.4 Å². The van der Waals surface area contributed by atoms with E-state index in [2.05, 4.69) is 4.98 Å². The van der Waals surface area contributed by atoms with Gasteiger partial charge in [0.15, 0.2) is 0 Å². The average molecular weight is 285 g/mol. The minimum absolute atomic E-state index is 0.301. The Morgan fingerprint density at radius 3 is 2.81 bits per heavy atom. The third-order valence-corrected chi connectivity index (χ3v) is 4.21. The third kappa shape index (κ3) is 1.53. The van der Waals surface area contributed by atoms with Crippen molar-refractivity contribution in [2.45, 2.75) is 32.0 Å². The van der Waals surface area contributed by atoms with Gasteiger partial charge in [-0.25, -0.2) is 19.0 Å². The maximum atomic E-state index is 12.2. The van der Waals surface area contributed by atoms with Crippen LogP contribution in [-0.2, 0) is 6.54 Å². The lowest BCUT2D eigenvalue weighted by atomic mass is 9.83. The number of nitrogens with one attached hydrogen (secondary N) is 1. The van der Waals surface area contributed by atoms with E-state index >= 15 is 0 Å². The van der Waals surface area contributed by atoms with Crippen molar-refractivity contribution in [3.63, 3.8) is 0 Å². The first kappa shape index (κ1) is 12.3. The van der Waals surface area contributed by atoms with Crippen LogP contribution in [0.4, 0.5) is 0 Å². The van der Waals surface area contributed by atoms with Crippen LogP contribution in [0.1, 0.15) is 25.5 Å². The van der Waals surface area contributed by atoms with Crippen molar-refractivity contribution in [3.8, 4) is 5.75 Å². The van der Waals surface area contributed by atoms with Crippen molar-refractivity contribution < 1.29 is 4.74 Å². The average Bonchev–Trinajstić information content (AvgIpc) is 2.73. The number of allylic oxidation sites excluding steroid dienone is 1. The number of fused-ring (bicyclic) bond motifs is 5. The van der Waals surface area contributed by atoms with E-state index in [1.165, 1.54) is 9.36 Å². The molecule has 1 unspecified atom stereocenters. The molecule has 0 saturated heterocycles. The number of hydrogen-bond acceptors (Lipinski definition) is 3. The molecule has 2 aliphatic rings. The summed E-state index contributed by atoms with van der Waals surface area (Å²) in [5.74, 6) is 0.749. The summed E-state index contributed by atoms with van der Waals surface area (Å²) in [4.78, 5) is 26.4. The van der Waals surface area contributed by atoms with E-state index in [1.807, 2.05) is 44.2 Å². The summed E-state index contributed by atoms with van der Waals surface area (Å²) >= 11 is 0. The van der Waals surface area contributed by atoms with Gasteiger partial charge in [0.1, 0.15) is 17.4 Å². The molecule has 2 aliphatic heterocycles. The lowest BCUT2D eigenvalue weighted by Gasteiger charge is -2.42. The van der Waals surface area contributed by atoms with E-state index in [1.54, 1.807) is 0 Å². The number of H-pyrrole nitrogens is 1. The molecule has 6 nitrogen and oxygen atoms in total. The predicted octanol–water partition coefficient (Wildman–Crippen LogP) is 1.04. The zero-order chi connectivity index (χ0) is 14.8. The van der Waals surface area contributed by atoms with Gasteiger partial charge in [0.25, 0.3) is 0 Å². The molecule has 2 aromatic rings. The standard InChI is InChI=1S/C15H15N3O3/c1-15(2)10-7-8-17-13(19)16-14(20)18(17)12(10)9-5-3-4-6-11(9)21-15/h3-7,12H,8H2,1-2H3,(H,16,19,20). The highest BCUT2D eigenvalue weighted by molar-refractivity contribution is 5.47. The Bertz CT molecular complexity index is 882. The van der Waals surface area contributed by atoms with Gasteiger partial charge in [-0.15, -0.1) is 0 Å². The zero-order valence-electron chi connectivity index (χ0n) is 11.8. The van der Waals surface area contributed by atoms with E-state index in [4.69, 9.17) is 4.74 Å². The maximum Gasteiger partial charge on any atom is 0.345 e. The first-order valence-corrected chi connectivity index (χ1v) is 6.89. The molecule has 0 amide bonds. The fraction of sp³-hybridized carbons (Fsp3) is 0.333. The van der Waals surface area contributed by atoms with Crippen LogP contribution in [-0.4, -0.2) is 19.9 Å². The van der Waals surface area contributed by atoms with Gasteiger partial charge in [-0.2, -0.15) is 0 Å². The highest BCUT2D eigenvalue weighted by atomic mass is 16.5.